The second-order valence-corrected chi connectivity index (χ2v) is 7.37. The van der Waals surface area contributed by atoms with Crippen molar-refractivity contribution in [3.8, 4) is 11.6 Å². The van der Waals surface area contributed by atoms with Gasteiger partial charge >= 0.3 is 5.97 Å². The second-order valence-electron chi connectivity index (χ2n) is 6.43. The molecule has 0 aromatic carbocycles. The first-order valence-corrected chi connectivity index (χ1v) is 10.4. The Kier molecular flexibility index (Phi) is 5.76. The minimum Gasteiger partial charge on any atom is -0.462 e. The van der Waals surface area contributed by atoms with Crippen LogP contribution in [0.2, 0.25) is 0 Å². The van der Waals surface area contributed by atoms with Crippen molar-refractivity contribution in [3.63, 3.8) is 0 Å². The highest BCUT2D eigenvalue weighted by atomic mass is 32.2. The molecule has 0 atom stereocenters. The minimum absolute atomic E-state index is 0.157. The SMILES string of the molecule is C=CCn1c(SCc2nc(N)c3c(C(=O)OCC)c(C)oc3n2)nnc1-c1ccco1. The Morgan fingerprint density at radius 3 is 2.94 bits per heavy atom. The number of esters is 1. The van der Waals surface area contributed by atoms with E-state index in [0.717, 1.165) is 0 Å². The zero-order valence-electron chi connectivity index (χ0n) is 17.0. The molecule has 0 aliphatic carbocycles. The third-order valence-corrected chi connectivity index (χ3v) is 5.34. The topological polar surface area (TPSA) is 135 Å². The fourth-order valence-electron chi connectivity index (χ4n) is 3.10. The van der Waals surface area contributed by atoms with E-state index in [1.165, 1.54) is 11.8 Å². The van der Waals surface area contributed by atoms with E-state index in [4.69, 9.17) is 19.3 Å². The van der Waals surface area contributed by atoms with Crippen molar-refractivity contribution in [1.82, 2.24) is 24.7 Å². The van der Waals surface area contributed by atoms with E-state index in [-0.39, 0.29) is 23.7 Å². The summed E-state index contributed by atoms with van der Waals surface area (Å²) in [5.41, 5.74) is 6.63. The largest absolute Gasteiger partial charge is 0.462 e. The Bertz CT molecular complexity index is 1240. The number of hydrogen-bond donors (Lipinski definition) is 1. The number of furan rings is 2. The van der Waals surface area contributed by atoms with Crippen molar-refractivity contribution in [2.24, 2.45) is 0 Å². The van der Waals surface area contributed by atoms with Crippen LogP contribution in [0.5, 0.6) is 0 Å². The standard InChI is InChI=1S/C20H20N6O4S/c1-4-8-26-17(12-7-6-9-29-12)24-25-20(26)31-10-13-22-16(21)15-14(19(27)28-5-2)11(3)30-18(15)23-13/h4,6-7,9H,1,5,8,10H2,2-3H3,(H2,21,22,23). The highest BCUT2D eigenvalue weighted by molar-refractivity contribution is 7.98. The number of aryl methyl sites for hydroxylation is 1. The van der Waals surface area contributed by atoms with Gasteiger partial charge in [0.15, 0.2) is 10.9 Å². The molecule has 4 rings (SSSR count). The molecule has 0 bridgehead atoms. The van der Waals surface area contributed by atoms with E-state index in [1.807, 2.05) is 10.6 Å². The molecule has 31 heavy (non-hydrogen) atoms. The number of thioether (sulfide) groups is 1. The average Bonchev–Trinajstić information content (AvgIpc) is 3.45. The highest BCUT2D eigenvalue weighted by Crippen LogP contribution is 2.31. The number of nitrogens with two attached hydrogens (primary N) is 1. The number of rotatable bonds is 8. The smallest absolute Gasteiger partial charge is 0.342 e. The number of nitrogens with zero attached hydrogens (tertiary/aromatic N) is 5. The molecule has 160 valence electrons. The van der Waals surface area contributed by atoms with Crippen LogP contribution in [0.25, 0.3) is 22.7 Å². The zero-order valence-corrected chi connectivity index (χ0v) is 17.8. The van der Waals surface area contributed by atoms with Gasteiger partial charge < -0.3 is 19.3 Å². The summed E-state index contributed by atoms with van der Waals surface area (Å²) in [5, 5.41) is 9.48. The lowest BCUT2D eigenvalue weighted by molar-refractivity contribution is 0.0526. The molecule has 0 amide bonds. The average molecular weight is 440 g/mol. The second kappa shape index (κ2) is 8.64. The van der Waals surface area contributed by atoms with E-state index in [9.17, 15) is 4.79 Å². The van der Waals surface area contributed by atoms with E-state index in [0.29, 0.717) is 46.0 Å². The van der Waals surface area contributed by atoms with Crippen LogP contribution in [0.3, 0.4) is 0 Å². The van der Waals surface area contributed by atoms with E-state index in [1.54, 1.807) is 32.3 Å². The first-order chi connectivity index (χ1) is 15.0. The summed E-state index contributed by atoms with van der Waals surface area (Å²) in [4.78, 5) is 21.0. The number of carbonyl (C=O) groups excluding carboxylic acids is 1. The number of hydrogen-bond acceptors (Lipinski definition) is 10. The summed E-state index contributed by atoms with van der Waals surface area (Å²) in [6, 6.07) is 3.60. The molecule has 2 N–H and O–H groups in total. The Morgan fingerprint density at radius 2 is 2.23 bits per heavy atom. The summed E-state index contributed by atoms with van der Waals surface area (Å²) in [6.45, 7) is 7.93. The quantitative estimate of drug-likeness (QED) is 0.246. The molecule has 0 spiro atoms. The van der Waals surface area contributed by atoms with Crippen LogP contribution < -0.4 is 5.73 Å². The number of nitrogen functional groups attached to an aromatic ring is 1. The van der Waals surface area contributed by atoms with Crippen molar-refractivity contribution < 1.29 is 18.4 Å². The third kappa shape index (κ3) is 3.91. The molecule has 4 heterocycles. The summed E-state index contributed by atoms with van der Waals surface area (Å²) in [5.74, 6) is 2.04. The molecule has 0 aliphatic heterocycles. The molecule has 0 fully saturated rings. The normalized spacial score (nSPS) is 11.2. The summed E-state index contributed by atoms with van der Waals surface area (Å²) in [7, 11) is 0. The lowest BCUT2D eigenvalue weighted by Gasteiger charge is -2.06. The first-order valence-electron chi connectivity index (χ1n) is 9.46. The van der Waals surface area contributed by atoms with Gasteiger partial charge in [-0.25, -0.2) is 9.78 Å². The van der Waals surface area contributed by atoms with Crippen LogP contribution in [0.4, 0.5) is 5.82 Å². The molecular weight excluding hydrogens is 420 g/mol. The van der Waals surface area contributed by atoms with E-state index < -0.39 is 5.97 Å². The number of carbonyl (C=O) groups is 1. The number of aromatic nitrogens is 5. The number of fused-ring (bicyclic) bond motifs is 1. The van der Waals surface area contributed by atoms with Gasteiger partial charge in [-0.05, 0) is 26.0 Å². The Labute approximate surface area is 181 Å². The van der Waals surface area contributed by atoms with Gasteiger partial charge in [0, 0.05) is 6.54 Å². The van der Waals surface area contributed by atoms with Gasteiger partial charge in [-0.15, -0.1) is 16.8 Å². The Balaban J connectivity index is 1.62. The molecular formula is C20H20N6O4S. The molecule has 0 radical (unpaired) electrons. The van der Waals surface area contributed by atoms with Gasteiger partial charge in [0.25, 0.3) is 0 Å². The molecule has 4 aromatic rings. The van der Waals surface area contributed by atoms with Crippen LogP contribution in [-0.4, -0.2) is 37.3 Å². The lowest BCUT2D eigenvalue weighted by Crippen LogP contribution is -2.07. The van der Waals surface area contributed by atoms with Crippen LogP contribution in [0.15, 0.2) is 45.0 Å². The number of ether oxygens (including phenoxy) is 1. The maximum atomic E-state index is 12.3. The Morgan fingerprint density at radius 1 is 1.39 bits per heavy atom. The van der Waals surface area contributed by atoms with Crippen LogP contribution in [0.1, 0.15) is 28.9 Å². The van der Waals surface area contributed by atoms with Gasteiger partial charge in [0.05, 0.1) is 24.0 Å². The van der Waals surface area contributed by atoms with E-state index in [2.05, 4.69) is 26.7 Å². The summed E-state index contributed by atoms with van der Waals surface area (Å²) < 4.78 is 18.1. The van der Waals surface area contributed by atoms with Gasteiger partial charge in [-0.3, -0.25) is 4.57 Å². The summed E-state index contributed by atoms with van der Waals surface area (Å²) >= 11 is 1.39. The van der Waals surface area contributed by atoms with Crippen molar-refractivity contribution in [1.29, 1.82) is 0 Å². The van der Waals surface area contributed by atoms with Gasteiger partial charge in [0.1, 0.15) is 23.0 Å². The van der Waals surface area contributed by atoms with Gasteiger partial charge in [-0.1, -0.05) is 17.8 Å². The number of allylic oxidation sites excluding steroid dienone is 1. The van der Waals surface area contributed by atoms with Crippen molar-refractivity contribution in [2.45, 2.75) is 31.3 Å². The predicted octanol–water partition coefficient (Wildman–Crippen LogP) is 3.62. The molecule has 4 aromatic heterocycles. The van der Waals surface area contributed by atoms with Crippen LogP contribution in [0, 0.1) is 6.92 Å². The fourth-order valence-corrected chi connectivity index (χ4v) is 3.91. The monoisotopic (exact) mass is 440 g/mol. The highest BCUT2D eigenvalue weighted by Gasteiger charge is 2.24. The van der Waals surface area contributed by atoms with Crippen molar-refractivity contribution >= 4 is 34.6 Å². The van der Waals surface area contributed by atoms with Crippen molar-refractivity contribution in [3.05, 3.63) is 48.2 Å². The van der Waals surface area contributed by atoms with Crippen LogP contribution >= 0.6 is 11.8 Å². The first kappa shape index (κ1) is 20.7. The van der Waals surface area contributed by atoms with E-state index >= 15 is 0 Å². The van der Waals surface area contributed by atoms with Gasteiger partial charge in [-0.2, -0.15) is 4.98 Å². The maximum Gasteiger partial charge on any atom is 0.342 e. The summed E-state index contributed by atoms with van der Waals surface area (Å²) in [6.07, 6.45) is 3.33. The molecule has 10 nitrogen and oxygen atoms in total. The maximum absolute atomic E-state index is 12.3. The minimum atomic E-state index is -0.515. The molecule has 0 unspecified atom stereocenters. The predicted molar refractivity (Wildman–Crippen MR) is 114 cm³/mol. The number of anilines is 1. The third-order valence-electron chi connectivity index (χ3n) is 4.38. The van der Waals surface area contributed by atoms with Crippen molar-refractivity contribution in [2.75, 3.05) is 12.3 Å². The fraction of sp³-hybridized carbons (Fsp3) is 0.250. The van der Waals surface area contributed by atoms with Crippen LogP contribution in [-0.2, 0) is 17.0 Å². The zero-order chi connectivity index (χ0) is 22.0. The van der Waals surface area contributed by atoms with Gasteiger partial charge in [0.2, 0.25) is 11.5 Å². The lowest BCUT2D eigenvalue weighted by atomic mass is 10.2. The molecule has 0 aliphatic rings. The molecule has 0 saturated carbocycles. The Hall–Kier alpha value is -3.60. The molecule has 11 heteroatoms. The molecule has 0 saturated heterocycles.